The van der Waals surface area contributed by atoms with Gasteiger partial charge in [0, 0.05) is 16.7 Å². The molecular formula is C34H30N2. The fraction of sp³-hybridized carbons (Fsp3) is 0.176. The van der Waals surface area contributed by atoms with Crippen LogP contribution in [-0.2, 0) is 6.42 Å². The fourth-order valence-electron chi connectivity index (χ4n) is 5.46. The molecule has 0 fully saturated rings. The Morgan fingerprint density at radius 2 is 1.42 bits per heavy atom. The number of allylic oxidation sites excluding steroid dienone is 5. The first-order valence-electron chi connectivity index (χ1n) is 12.9. The molecule has 1 aromatic heterocycles. The molecule has 0 aliphatic heterocycles. The van der Waals surface area contributed by atoms with Crippen molar-refractivity contribution in [3.05, 3.63) is 125 Å². The molecule has 176 valence electrons. The van der Waals surface area contributed by atoms with Crippen molar-refractivity contribution in [3.8, 4) is 33.8 Å². The van der Waals surface area contributed by atoms with Gasteiger partial charge in [-0.1, -0.05) is 85.0 Å². The first-order valence-corrected chi connectivity index (χ1v) is 12.9. The zero-order valence-electron chi connectivity index (χ0n) is 21.0. The van der Waals surface area contributed by atoms with Gasteiger partial charge >= 0.3 is 0 Å². The number of benzene rings is 3. The summed E-state index contributed by atoms with van der Waals surface area (Å²) in [7, 11) is 0. The van der Waals surface area contributed by atoms with Crippen LogP contribution in [0.4, 0.5) is 0 Å². The van der Waals surface area contributed by atoms with E-state index in [1.165, 1.54) is 44.5 Å². The molecular weight excluding hydrogens is 436 g/mol. The smallest absolute Gasteiger partial charge is 0.160 e. The van der Waals surface area contributed by atoms with Crippen LogP contribution in [0.5, 0.6) is 0 Å². The highest BCUT2D eigenvalue weighted by Gasteiger charge is 2.23. The molecule has 4 aromatic rings. The van der Waals surface area contributed by atoms with Crippen LogP contribution in [0.1, 0.15) is 41.6 Å². The van der Waals surface area contributed by atoms with Crippen molar-refractivity contribution < 1.29 is 0 Å². The van der Waals surface area contributed by atoms with Crippen LogP contribution in [-0.4, -0.2) is 9.97 Å². The second-order valence-electron chi connectivity index (χ2n) is 9.80. The largest absolute Gasteiger partial charge is 0.232 e. The predicted molar refractivity (Wildman–Crippen MR) is 151 cm³/mol. The molecule has 3 aromatic carbocycles. The molecule has 2 aliphatic carbocycles. The second kappa shape index (κ2) is 9.54. The van der Waals surface area contributed by atoms with E-state index in [2.05, 4.69) is 111 Å². The summed E-state index contributed by atoms with van der Waals surface area (Å²) in [6.07, 6.45) is 13.3. The molecule has 0 saturated carbocycles. The lowest BCUT2D eigenvalue weighted by molar-refractivity contribution is 0.853. The maximum absolute atomic E-state index is 5.27. The predicted octanol–water partition coefficient (Wildman–Crippen LogP) is 8.70. The van der Waals surface area contributed by atoms with E-state index in [0.29, 0.717) is 0 Å². The monoisotopic (exact) mass is 466 g/mol. The van der Waals surface area contributed by atoms with Crippen LogP contribution in [0, 0.1) is 13.8 Å². The first kappa shape index (κ1) is 22.4. The van der Waals surface area contributed by atoms with Crippen molar-refractivity contribution in [3.63, 3.8) is 0 Å². The number of nitrogens with zero attached hydrogens (tertiary/aromatic N) is 2. The number of rotatable bonds is 4. The molecule has 2 heteroatoms. The van der Waals surface area contributed by atoms with E-state index in [9.17, 15) is 0 Å². The number of fused-ring (bicyclic) bond motifs is 1. The third-order valence-corrected chi connectivity index (χ3v) is 7.35. The molecule has 0 unspecified atom stereocenters. The van der Waals surface area contributed by atoms with E-state index in [1.807, 2.05) is 0 Å². The van der Waals surface area contributed by atoms with E-state index in [-0.39, 0.29) is 0 Å². The lowest BCUT2D eigenvalue weighted by Gasteiger charge is -2.23. The van der Waals surface area contributed by atoms with Crippen LogP contribution >= 0.6 is 0 Å². The van der Waals surface area contributed by atoms with Gasteiger partial charge in [0.15, 0.2) is 5.82 Å². The van der Waals surface area contributed by atoms with Gasteiger partial charge in [0.05, 0.1) is 11.4 Å². The fourth-order valence-corrected chi connectivity index (χ4v) is 5.46. The summed E-state index contributed by atoms with van der Waals surface area (Å²) in [6.45, 7) is 4.38. The zero-order chi connectivity index (χ0) is 24.5. The first-order chi connectivity index (χ1) is 17.7. The van der Waals surface area contributed by atoms with Gasteiger partial charge in [0.2, 0.25) is 0 Å². The molecule has 0 atom stereocenters. The maximum atomic E-state index is 5.27. The van der Waals surface area contributed by atoms with Crippen LogP contribution in [0.3, 0.4) is 0 Å². The van der Waals surface area contributed by atoms with Gasteiger partial charge < -0.3 is 0 Å². The zero-order valence-corrected chi connectivity index (χ0v) is 21.0. The van der Waals surface area contributed by atoms with Gasteiger partial charge in [-0.2, -0.15) is 0 Å². The molecule has 2 aliphatic rings. The van der Waals surface area contributed by atoms with E-state index < -0.39 is 0 Å². The topological polar surface area (TPSA) is 25.8 Å². The highest BCUT2D eigenvalue weighted by atomic mass is 14.9. The molecule has 2 nitrogen and oxygen atoms in total. The summed E-state index contributed by atoms with van der Waals surface area (Å²) in [6, 6.07) is 25.6. The molecule has 0 radical (unpaired) electrons. The third kappa shape index (κ3) is 4.24. The van der Waals surface area contributed by atoms with Crippen molar-refractivity contribution in [2.75, 3.05) is 0 Å². The average molecular weight is 467 g/mol. The Kier molecular flexibility index (Phi) is 5.95. The number of hydrogen-bond acceptors (Lipinski definition) is 2. The summed E-state index contributed by atoms with van der Waals surface area (Å²) in [5, 5.41) is 0. The van der Waals surface area contributed by atoms with Crippen LogP contribution in [0.25, 0.3) is 39.8 Å². The summed E-state index contributed by atoms with van der Waals surface area (Å²) in [5.74, 6) is 0.806. The van der Waals surface area contributed by atoms with Crippen molar-refractivity contribution in [1.82, 2.24) is 9.97 Å². The normalized spacial score (nSPS) is 14.7. The van der Waals surface area contributed by atoms with Crippen molar-refractivity contribution in [2.24, 2.45) is 0 Å². The Morgan fingerprint density at radius 3 is 2.19 bits per heavy atom. The van der Waals surface area contributed by atoms with Crippen LogP contribution < -0.4 is 0 Å². The summed E-state index contributed by atoms with van der Waals surface area (Å²) >= 11 is 0. The van der Waals surface area contributed by atoms with Crippen LogP contribution in [0.2, 0.25) is 0 Å². The van der Waals surface area contributed by atoms with Gasteiger partial charge in [0.1, 0.15) is 0 Å². The molecule has 0 saturated heterocycles. The maximum Gasteiger partial charge on any atom is 0.160 e. The van der Waals surface area contributed by atoms with E-state index in [0.717, 1.165) is 48.5 Å². The van der Waals surface area contributed by atoms with E-state index in [1.54, 1.807) is 0 Å². The van der Waals surface area contributed by atoms with Gasteiger partial charge in [-0.05, 0) is 85.1 Å². The second-order valence-corrected chi connectivity index (χ2v) is 9.80. The molecule has 0 amide bonds. The standard InChI is InChI=1S/C34H30N2/c1-23-11-9-12-24(2)32(23)33-30-22-28(26-15-7-4-8-16-26)19-20-31(30)35-34(36-33)29-18-10-17-27(21-29)25-13-5-3-6-14-25/h3-7,9-15,17-18,21-22H,8,16,19-20H2,1-2H3. The lowest BCUT2D eigenvalue weighted by Crippen LogP contribution is -2.10. The van der Waals surface area contributed by atoms with Gasteiger partial charge in [0.25, 0.3) is 0 Å². The number of aromatic nitrogens is 2. The van der Waals surface area contributed by atoms with Gasteiger partial charge in [-0.15, -0.1) is 0 Å². The Balaban J connectivity index is 1.54. The number of aryl methyl sites for hydroxylation is 3. The number of hydrogen-bond donors (Lipinski definition) is 0. The Bertz CT molecular complexity index is 1520. The Morgan fingerprint density at radius 1 is 0.667 bits per heavy atom. The molecule has 0 N–H and O–H groups in total. The van der Waals surface area contributed by atoms with Crippen molar-refractivity contribution in [1.29, 1.82) is 0 Å². The minimum atomic E-state index is 0.806. The molecule has 0 bridgehead atoms. The summed E-state index contributed by atoms with van der Waals surface area (Å²) < 4.78 is 0. The third-order valence-electron chi connectivity index (χ3n) is 7.35. The highest BCUT2D eigenvalue weighted by Crippen LogP contribution is 2.38. The quantitative estimate of drug-likeness (QED) is 0.300. The van der Waals surface area contributed by atoms with Crippen LogP contribution in [0.15, 0.2) is 102 Å². The van der Waals surface area contributed by atoms with Gasteiger partial charge in [-0.3, -0.25) is 0 Å². The summed E-state index contributed by atoms with van der Waals surface area (Å²) in [4.78, 5) is 10.4. The Hall–Kier alpha value is -4.04. The van der Waals surface area contributed by atoms with Crippen molar-refractivity contribution in [2.45, 2.75) is 39.5 Å². The molecule has 6 rings (SSSR count). The molecule has 1 heterocycles. The lowest BCUT2D eigenvalue weighted by atomic mass is 9.85. The minimum Gasteiger partial charge on any atom is -0.232 e. The SMILES string of the molecule is Cc1cccc(C)c1-c1nc(-c2cccc(-c3ccccc3)c2)nc2c1C=C(C1=CC=CCC1)CC2. The summed E-state index contributed by atoms with van der Waals surface area (Å²) in [5.41, 5.74) is 13.5. The van der Waals surface area contributed by atoms with Crippen molar-refractivity contribution >= 4 is 6.08 Å². The Labute approximate surface area is 213 Å². The highest BCUT2D eigenvalue weighted by molar-refractivity contribution is 5.82. The van der Waals surface area contributed by atoms with E-state index >= 15 is 0 Å². The molecule has 36 heavy (non-hydrogen) atoms. The van der Waals surface area contributed by atoms with E-state index in [4.69, 9.17) is 9.97 Å². The van der Waals surface area contributed by atoms with Gasteiger partial charge in [-0.25, -0.2) is 9.97 Å². The molecule has 0 spiro atoms. The minimum absolute atomic E-state index is 0.806. The average Bonchev–Trinajstić information content (AvgIpc) is 2.93.